The van der Waals surface area contributed by atoms with Crippen molar-refractivity contribution >= 4 is 0 Å². The lowest BCUT2D eigenvalue weighted by atomic mass is 10.3. The molecule has 0 aliphatic rings. The van der Waals surface area contributed by atoms with Gasteiger partial charge in [-0.05, 0) is 19.4 Å². The average molecular weight is 177 g/mol. The van der Waals surface area contributed by atoms with E-state index in [1.54, 1.807) is 0 Å². The predicted molar refractivity (Wildman–Crippen MR) is 52.0 cm³/mol. The van der Waals surface area contributed by atoms with Gasteiger partial charge in [0.05, 0.1) is 12.7 Å². The largest absolute Gasteiger partial charge is 0.394 e. The first-order valence-electron chi connectivity index (χ1n) is 4.71. The molecule has 0 aliphatic heterocycles. The van der Waals surface area contributed by atoms with E-state index in [0.717, 1.165) is 6.54 Å². The second kappa shape index (κ2) is 13.5. The molecule has 0 heterocycles. The Morgan fingerprint density at radius 1 is 1.25 bits per heavy atom. The van der Waals surface area contributed by atoms with Crippen LogP contribution in [0.25, 0.3) is 0 Å². The summed E-state index contributed by atoms with van der Waals surface area (Å²) in [5.74, 6) is 0. The van der Waals surface area contributed by atoms with Crippen LogP contribution in [-0.4, -0.2) is 29.5 Å². The zero-order chi connectivity index (χ0) is 9.82. The van der Waals surface area contributed by atoms with Crippen molar-refractivity contribution in [3.05, 3.63) is 0 Å². The molecule has 0 bridgehead atoms. The van der Waals surface area contributed by atoms with Crippen LogP contribution in [0.4, 0.5) is 0 Å². The molecule has 0 aromatic rings. The fraction of sp³-hybridized carbons (Fsp3) is 1.00. The molecule has 1 atom stereocenters. The summed E-state index contributed by atoms with van der Waals surface area (Å²) in [6, 6.07) is 0. The minimum Gasteiger partial charge on any atom is -0.394 e. The molecule has 76 valence electrons. The van der Waals surface area contributed by atoms with Gasteiger partial charge in [-0.25, -0.2) is 0 Å². The molecule has 1 unspecified atom stereocenters. The molecule has 0 aromatic heterocycles. The Morgan fingerprint density at radius 3 is 1.92 bits per heavy atom. The summed E-state index contributed by atoms with van der Waals surface area (Å²) >= 11 is 0. The maximum absolute atomic E-state index is 8.42. The lowest BCUT2D eigenvalue weighted by molar-refractivity contribution is 0.0923. The molecule has 0 radical (unpaired) electrons. The van der Waals surface area contributed by atoms with Crippen LogP contribution < -0.4 is 5.73 Å². The summed E-state index contributed by atoms with van der Waals surface area (Å²) in [6.45, 7) is 4.74. The predicted octanol–water partition coefficient (Wildman–Crippen LogP) is 0.885. The van der Waals surface area contributed by atoms with Crippen molar-refractivity contribution in [2.45, 2.75) is 45.6 Å². The molecule has 0 aromatic carbocycles. The Morgan fingerprint density at radius 2 is 1.83 bits per heavy atom. The Labute approximate surface area is 75.6 Å². The van der Waals surface area contributed by atoms with Gasteiger partial charge in [-0.2, -0.15) is 0 Å². The SMILES string of the molecule is CCC(O)CO.CCCCCN. The van der Waals surface area contributed by atoms with Crippen LogP contribution in [0.15, 0.2) is 0 Å². The quantitative estimate of drug-likeness (QED) is 0.546. The van der Waals surface area contributed by atoms with E-state index in [9.17, 15) is 0 Å². The fourth-order valence-electron chi connectivity index (χ4n) is 0.523. The van der Waals surface area contributed by atoms with Crippen molar-refractivity contribution in [2.24, 2.45) is 5.73 Å². The van der Waals surface area contributed by atoms with Gasteiger partial charge < -0.3 is 15.9 Å². The molecule has 0 spiro atoms. The maximum atomic E-state index is 8.42. The summed E-state index contributed by atoms with van der Waals surface area (Å²) in [7, 11) is 0. The lowest BCUT2D eigenvalue weighted by Gasteiger charge is -1.97. The molecule has 3 heteroatoms. The van der Waals surface area contributed by atoms with Gasteiger partial charge in [0.15, 0.2) is 0 Å². The van der Waals surface area contributed by atoms with Crippen molar-refractivity contribution in [3.8, 4) is 0 Å². The first kappa shape index (κ1) is 14.4. The Kier molecular flexibility index (Phi) is 16.2. The number of aliphatic hydroxyl groups excluding tert-OH is 2. The van der Waals surface area contributed by atoms with E-state index in [0.29, 0.717) is 6.42 Å². The number of nitrogens with two attached hydrogens (primary N) is 1. The van der Waals surface area contributed by atoms with E-state index in [4.69, 9.17) is 15.9 Å². The van der Waals surface area contributed by atoms with Gasteiger partial charge in [0.2, 0.25) is 0 Å². The average Bonchev–Trinajstić information content (AvgIpc) is 2.14. The van der Waals surface area contributed by atoms with Gasteiger partial charge in [-0.3, -0.25) is 0 Å². The number of hydrogen-bond acceptors (Lipinski definition) is 3. The Bertz CT molecular complexity index is 61.5. The van der Waals surface area contributed by atoms with E-state index in [1.807, 2.05) is 6.92 Å². The Balaban J connectivity index is 0. The summed E-state index contributed by atoms with van der Waals surface area (Å²) in [5, 5.41) is 16.5. The lowest BCUT2D eigenvalue weighted by Crippen LogP contribution is -2.08. The first-order chi connectivity index (χ1) is 5.72. The number of aliphatic hydroxyl groups is 2. The van der Waals surface area contributed by atoms with Gasteiger partial charge >= 0.3 is 0 Å². The van der Waals surface area contributed by atoms with Crippen LogP contribution in [-0.2, 0) is 0 Å². The van der Waals surface area contributed by atoms with Gasteiger partial charge in [-0.15, -0.1) is 0 Å². The van der Waals surface area contributed by atoms with E-state index in [1.165, 1.54) is 19.3 Å². The molecule has 0 fully saturated rings. The zero-order valence-electron chi connectivity index (χ0n) is 8.29. The molecule has 4 N–H and O–H groups in total. The monoisotopic (exact) mass is 177 g/mol. The molecule has 0 saturated heterocycles. The highest BCUT2D eigenvalue weighted by molar-refractivity contribution is 4.43. The number of rotatable bonds is 5. The van der Waals surface area contributed by atoms with Crippen molar-refractivity contribution in [2.75, 3.05) is 13.2 Å². The molecule has 0 rings (SSSR count). The van der Waals surface area contributed by atoms with Crippen LogP contribution in [0.5, 0.6) is 0 Å². The molecule has 0 saturated carbocycles. The molecular weight excluding hydrogens is 154 g/mol. The summed E-state index contributed by atoms with van der Waals surface area (Å²) in [6.07, 6.45) is 3.88. The van der Waals surface area contributed by atoms with Gasteiger partial charge in [0.1, 0.15) is 0 Å². The highest BCUT2D eigenvalue weighted by atomic mass is 16.3. The number of unbranched alkanes of at least 4 members (excludes halogenated alkanes) is 2. The third-order valence-electron chi connectivity index (χ3n) is 1.49. The molecular formula is C9H23NO2. The van der Waals surface area contributed by atoms with Gasteiger partial charge in [0, 0.05) is 0 Å². The fourth-order valence-corrected chi connectivity index (χ4v) is 0.523. The van der Waals surface area contributed by atoms with E-state index in [2.05, 4.69) is 6.92 Å². The smallest absolute Gasteiger partial charge is 0.0768 e. The molecule has 12 heavy (non-hydrogen) atoms. The minimum absolute atomic E-state index is 0.115. The first-order valence-corrected chi connectivity index (χ1v) is 4.71. The van der Waals surface area contributed by atoms with Crippen LogP contribution in [0.1, 0.15) is 39.5 Å². The van der Waals surface area contributed by atoms with Crippen molar-refractivity contribution in [1.29, 1.82) is 0 Å². The maximum Gasteiger partial charge on any atom is 0.0768 e. The molecule has 0 amide bonds. The van der Waals surface area contributed by atoms with Gasteiger partial charge in [-0.1, -0.05) is 26.7 Å². The summed E-state index contributed by atoms with van der Waals surface area (Å²) in [5.41, 5.74) is 5.21. The van der Waals surface area contributed by atoms with Crippen LogP contribution in [0.3, 0.4) is 0 Å². The minimum atomic E-state index is -0.509. The Hall–Kier alpha value is -0.120. The van der Waals surface area contributed by atoms with E-state index < -0.39 is 6.10 Å². The van der Waals surface area contributed by atoms with E-state index in [-0.39, 0.29) is 6.61 Å². The van der Waals surface area contributed by atoms with Crippen LogP contribution >= 0.6 is 0 Å². The zero-order valence-corrected chi connectivity index (χ0v) is 8.29. The van der Waals surface area contributed by atoms with E-state index >= 15 is 0 Å². The second-order valence-corrected chi connectivity index (χ2v) is 2.74. The highest BCUT2D eigenvalue weighted by Crippen LogP contribution is 1.88. The van der Waals surface area contributed by atoms with Crippen molar-refractivity contribution in [3.63, 3.8) is 0 Å². The van der Waals surface area contributed by atoms with Crippen molar-refractivity contribution in [1.82, 2.24) is 0 Å². The standard InChI is InChI=1S/C5H13N.C4H10O2/c1-2-3-4-5-6;1-2-4(6)3-5/h2-6H2,1H3;4-6H,2-3H2,1H3. The van der Waals surface area contributed by atoms with Crippen molar-refractivity contribution < 1.29 is 10.2 Å². The van der Waals surface area contributed by atoms with Crippen LogP contribution in [0, 0.1) is 0 Å². The molecule has 0 aliphatic carbocycles. The highest BCUT2D eigenvalue weighted by Gasteiger charge is 1.92. The second-order valence-electron chi connectivity index (χ2n) is 2.74. The summed E-state index contributed by atoms with van der Waals surface area (Å²) < 4.78 is 0. The third-order valence-corrected chi connectivity index (χ3v) is 1.49. The normalized spacial score (nSPS) is 11.8. The van der Waals surface area contributed by atoms with Crippen LogP contribution in [0.2, 0.25) is 0 Å². The molecule has 3 nitrogen and oxygen atoms in total. The number of hydrogen-bond donors (Lipinski definition) is 3. The van der Waals surface area contributed by atoms with Gasteiger partial charge in [0.25, 0.3) is 0 Å². The third kappa shape index (κ3) is 16.5. The topological polar surface area (TPSA) is 66.5 Å². The summed E-state index contributed by atoms with van der Waals surface area (Å²) in [4.78, 5) is 0.